The lowest BCUT2D eigenvalue weighted by atomic mass is 9.98. The second-order valence-electron chi connectivity index (χ2n) is 5.08. The molecule has 0 spiro atoms. The number of anilines is 2. The number of carboxylic acids is 1. The summed E-state index contributed by atoms with van der Waals surface area (Å²) in [6.45, 7) is 1.41. The van der Waals surface area contributed by atoms with Crippen molar-refractivity contribution in [3.05, 3.63) is 24.3 Å². The highest BCUT2D eigenvalue weighted by Gasteiger charge is 2.26. The predicted molar refractivity (Wildman–Crippen MR) is 76.3 cm³/mol. The summed E-state index contributed by atoms with van der Waals surface area (Å²) in [6.07, 6.45) is 1.50. The molecule has 0 aliphatic carbocycles. The van der Waals surface area contributed by atoms with Crippen LogP contribution in [-0.2, 0) is 9.59 Å². The molecule has 1 saturated heterocycles. The van der Waals surface area contributed by atoms with Gasteiger partial charge in [0.25, 0.3) is 0 Å². The van der Waals surface area contributed by atoms with Gasteiger partial charge in [-0.1, -0.05) is 0 Å². The topological polar surface area (TPSA) is 95.7 Å². The highest BCUT2D eigenvalue weighted by Crippen LogP contribution is 2.16. The van der Waals surface area contributed by atoms with Crippen molar-refractivity contribution < 1.29 is 14.7 Å². The fraction of sp³-hybridized carbons (Fsp3) is 0.429. The van der Waals surface area contributed by atoms with E-state index in [9.17, 15) is 9.59 Å². The minimum absolute atomic E-state index is 0.138. The fourth-order valence-electron chi connectivity index (χ4n) is 2.37. The molecule has 1 aromatic rings. The number of hydrogen-bond donors (Lipinski definition) is 3. The van der Waals surface area contributed by atoms with Gasteiger partial charge in [-0.15, -0.1) is 0 Å². The van der Waals surface area contributed by atoms with Crippen LogP contribution < -0.4 is 11.1 Å². The van der Waals surface area contributed by atoms with Crippen molar-refractivity contribution in [2.75, 3.05) is 30.7 Å². The van der Waals surface area contributed by atoms with Crippen LogP contribution in [0.4, 0.5) is 11.4 Å². The Bertz CT molecular complexity index is 487. The number of carbonyl (C=O) groups excluding carboxylic acids is 1. The molecule has 20 heavy (non-hydrogen) atoms. The average molecular weight is 277 g/mol. The minimum Gasteiger partial charge on any atom is -0.481 e. The molecule has 1 unspecified atom stereocenters. The number of nitrogens with one attached hydrogen (secondary N) is 1. The first-order valence-electron chi connectivity index (χ1n) is 6.65. The maximum absolute atomic E-state index is 11.9. The van der Waals surface area contributed by atoms with Gasteiger partial charge in [-0.05, 0) is 43.7 Å². The van der Waals surface area contributed by atoms with Crippen LogP contribution in [0.5, 0.6) is 0 Å². The first kappa shape index (κ1) is 14.3. The average Bonchev–Trinajstić information content (AvgIpc) is 2.41. The van der Waals surface area contributed by atoms with Gasteiger partial charge in [0, 0.05) is 17.9 Å². The normalized spacial score (nSPS) is 19.5. The SMILES string of the molecule is Nc1ccc(NC(=O)CN2CCCC(C(=O)O)C2)cc1. The second-order valence-corrected chi connectivity index (χ2v) is 5.08. The molecule has 0 saturated carbocycles. The lowest BCUT2D eigenvalue weighted by Crippen LogP contribution is -2.42. The van der Waals surface area contributed by atoms with E-state index in [1.165, 1.54) is 0 Å². The summed E-state index contributed by atoms with van der Waals surface area (Å²) in [6, 6.07) is 6.92. The van der Waals surface area contributed by atoms with E-state index in [2.05, 4.69) is 5.32 Å². The van der Waals surface area contributed by atoms with Gasteiger partial charge < -0.3 is 16.2 Å². The number of piperidine rings is 1. The number of likely N-dealkylation sites (tertiary alicyclic amines) is 1. The molecular weight excluding hydrogens is 258 g/mol. The Hall–Kier alpha value is -2.08. The summed E-state index contributed by atoms with van der Waals surface area (Å²) >= 11 is 0. The first-order valence-corrected chi connectivity index (χ1v) is 6.65. The standard InChI is InChI=1S/C14H19N3O3/c15-11-3-5-12(6-4-11)16-13(18)9-17-7-1-2-10(8-17)14(19)20/h3-6,10H,1-2,7-9,15H2,(H,16,18)(H,19,20). The second kappa shape index (κ2) is 6.38. The number of hydrogen-bond acceptors (Lipinski definition) is 4. The molecule has 108 valence electrons. The number of aliphatic carboxylic acids is 1. The molecule has 6 heteroatoms. The number of benzene rings is 1. The molecule has 1 heterocycles. The highest BCUT2D eigenvalue weighted by molar-refractivity contribution is 5.92. The van der Waals surface area contributed by atoms with Crippen molar-refractivity contribution in [1.29, 1.82) is 0 Å². The van der Waals surface area contributed by atoms with Gasteiger partial charge in [0.05, 0.1) is 12.5 Å². The molecule has 1 amide bonds. The van der Waals surface area contributed by atoms with E-state index in [-0.39, 0.29) is 18.4 Å². The zero-order valence-corrected chi connectivity index (χ0v) is 11.2. The molecule has 0 aromatic heterocycles. The number of rotatable bonds is 4. The number of carboxylic acid groups (broad SMARTS) is 1. The van der Waals surface area contributed by atoms with Gasteiger partial charge in [-0.2, -0.15) is 0 Å². The number of nitrogens with two attached hydrogens (primary N) is 1. The maximum Gasteiger partial charge on any atom is 0.307 e. The minimum atomic E-state index is -0.784. The third-order valence-corrected chi connectivity index (χ3v) is 3.42. The molecule has 0 bridgehead atoms. The van der Waals surface area contributed by atoms with Gasteiger partial charge in [0.1, 0.15) is 0 Å². The van der Waals surface area contributed by atoms with Crippen LogP contribution in [0.2, 0.25) is 0 Å². The van der Waals surface area contributed by atoms with Crippen molar-refractivity contribution in [2.24, 2.45) is 5.92 Å². The number of carbonyl (C=O) groups is 2. The summed E-state index contributed by atoms with van der Waals surface area (Å²) in [5, 5.41) is 11.8. The molecule has 6 nitrogen and oxygen atoms in total. The third kappa shape index (κ3) is 3.96. The van der Waals surface area contributed by atoms with Crippen molar-refractivity contribution in [2.45, 2.75) is 12.8 Å². The highest BCUT2D eigenvalue weighted by atomic mass is 16.4. The van der Waals surface area contributed by atoms with Crippen LogP contribution in [0.15, 0.2) is 24.3 Å². The Balaban J connectivity index is 1.85. The fourth-order valence-corrected chi connectivity index (χ4v) is 2.37. The Labute approximate surface area is 117 Å². The van der Waals surface area contributed by atoms with Crippen LogP contribution in [-0.4, -0.2) is 41.5 Å². The molecule has 2 rings (SSSR count). The summed E-state index contributed by atoms with van der Waals surface area (Å²) < 4.78 is 0. The van der Waals surface area contributed by atoms with E-state index >= 15 is 0 Å². The van der Waals surface area contributed by atoms with E-state index in [1.54, 1.807) is 24.3 Å². The largest absolute Gasteiger partial charge is 0.481 e. The van der Waals surface area contributed by atoms with Crippen molar-refractivity contribution in [3.63, 3.8) is 0 Å². The van der Waals surface area contributed by atoms with Gasteiger partial charge in [0.15, 0.2) is 0 Å². The third-order valence-electron chi connectivity index (χ3n) is 3.42. The Kier molecular flexibility index (Phi) is 4.57. The van der Waals surface area contributed by atoms with Crippen LogP contribution in [0.3, 0.4) is 0 Å². The van der Waals surface area contributed by atoms with Crippen LogP contribution in [0.1, 0.15) is 12.8 Å². The van der Waals surface area contributed by atoms with Gasteiger partial charge >= 0.3 is 5.97 Å². The molecule has 1 aliphatic heterocycles. The molecule has 1 fully saturated rings. The summed E-state index contributed by atoms with van der Waals surface area (Å²) in [5.41, 5.74) is 6.91. The molecule has 1 aromatic carbocycles. The zero-order valence-electron chi connectivity index (χ0n) is 11.2. The Morgan fingerprint density at radius 2 is 2.05 bits per heavy atom. The Morgan fingerprint density at radius 3 is 2.70 bits per heavy atom. The Morgan fingerprint density at radius 1 is 1.35 bits per heavy atom. The van der Waals surface area contributed by atoms with E-state index in [0.29, 0.717) is 24.3 Å². The molecule has 1 aliphatic rings. The van der Waals surface area contributed by atoms with E-state index in [0.717, 1.165) is 13.0 Å². The zero-order chi connectivity index (χ0) is 14.5. The first-order chi connectivity index (χ1) is 9.54. The van der Waals surface area contributed by atoms with Crippen molar-refractivity contribution in [3.8, 4) is 0 Å². The molecule has 4 N–H and O–H groups in total. The number of nitrogens with zero attached hydrogens (tertiary/aromatic N) is 1. The smallest absolute Gasteiger partial charge is 0.307 e. The lowest BCUT2D eigenvalue weighted by Gasteiger charge is -2.29. The van der Waals surface area contributed by atoms with Crippen LogP contribution in [0.25, 0.3) is 0 Å². The molecular formula is C14H19N3O3. The van der Waals surface area contributed by atoms with E-state index < -0.39 is 5.97 Å². The van der Waals surface area contributed by atoms with Gasteiger partial charge in [-0.25, -0.2) is 0 Å². The van der Waals surface area contributed by atoms with Crippen molar-refractivity contribution >= 4 is 23.3 Å². The number of amides is 1. The lowest BCUT2D eigenvalue weighted by molar-refractivity contribution is -0.144. The van der Waals surface area contributed by atoms with E-state index in [1.807, 2.05) is 4.90 Å². The van der Waals surface area contributed by atoms with Crippen LogP contribution in [0, 0.1) is 5.92 Å². The summed E-state index contributed by atoms with van der Waals surface area (Å²) in [7, 11) is 0. The quantitative estimate of drug-likeness (QED) is 0.714. The van der Waals surface area contributed by atoms with Crippen molar-refractivity contribution in [1.82, 2.24) is 4.90 Å². The van der Waals surface area contributed by atoms with E-state index in [4.69, 9.17) is 10.8 Å². The van der Waals surface area contributed by atoms with Gasteiger partial charge in [0.2, 0.25) is 5.91 Å². The summed E-state index contributed by atoms with van der Waals surface area (Å²) in [4.78, 5) is 24.8. The maximum atomic E-state index is 11.9. The van der Waals surface area contributed by atoms with Gasteiger partial charge in [-0.3, -0.25) is 14.5 Å². The predicted octanol–water partition coefficient (Wildman–Crippen LogP) is 1.00. The monoisotopic (exact) mass is 277 g/mol. The number of nitrogen functional groups attached to an aromatic ring is 1. The molecule has 0 radical (unpaired) electrons. The molecule has 1 atom stereocenters. The van der Waals surface area contributed by atoms with Crippen LogP contribution >= 0.6 is 0 Å². The summed E-state index contributed by atoms with van der Waals surface area (Å²) in [5.74, 6) is -1.29.